The Bertz CT molecular complexity index is 1110. The Labute approximate surface area is 157 Å². The SMILES string of the molecule is O=C(Oc1ccc(C(=O)c2ccc(O)cc2)cc1)c1cc(C(=O)O)oc(=O)c1. The molecule has 8 heteroatoms. The predicted octanol–water partition coefficient (Wildman–Crippen LogP) is 2.49. The first kappa shape index (κ1) is 18.6. The Morgan fingerprint density at radius 1 is 0.821 bits per heavy atom. The minimum atomic E-state index is -1.50. The molecule has 0 aliphatic rings. The number of phenolic OH excluding ortho intramolecular Hbond substituents is 1. The Kier molecular flexibility index (Phi) is 5.03. The molecule has 0 atom stereocenters. The molecule has 0 saturated carbocycles. The van der Waals surface area contributed by atoms with Gasteiger partial charge in [-0.2, -0.15) is 0 Å². The molecule has 0 bridgehead atoms. The summed E-state index contributed by atoms with van der Waals surface area (Å²) >= 11 is 0. The van der Waals surface area contributed by atoms with Gasteiger partial charge in [-0.25, -0.2) is 14.4 Å². The van der Waals surface area contributed by atoms with E-state index in [1.807, 2.05) is 0 Å². The third-order valence-corrected chi connectivity index (χ3v) is 3.67. The van der Waals surface area contributed by atoms with Gasteiger partial charge in [-0.05, 0) is 48.5 Å². The average Bonchev–Trinajstić information content (AvgIpc) is 2.68. The van der Waals surface area contributed by atoms with E-state index in [0.717, 1.165) is 12.1 Å². The minimum Gasteiger partial charge on any atom is -0.508 e. The molecule has 0 radical (unpaired) electrons. The van der Waals surface area contributed by atoms with E-state index in [4.69, 9.17) is 9.84 Å². The smallest absolute Gasteiger partial charge is 0.371 e. The number of aromatic carboxylic acids is 1. The van der Waals surface area contributed by atoms with Gasteiger partial charge in [0.05, 0.1) is 5.56 Å². The maximum absolute atomic E-state index is 12.4. The number of rotatable bonds is 5. The Balaban J connectivity index is 1.76. The van der Waals surface area contributed by atoms with E-state index in [-0.39, 0.29) is 22.8 Å². The summed E-state index contributed by atoms with van der Waals surface area (Å²) in [5.41, 5.74) is -0.571. The van der Waals surface area contributed by atoms with Crippen LogP contribution in [0, 0.1) is 0 Å². The van der Waals surface area contributed by atoms with E-state index in [1.54, 1.807) is 0 Å². The lowest BCUT2D eigenvalue weighted by Gasteiger charge is -2.06. The number of carbonyl (C=O) groups excluding carboxylic acids is 2. The maximum Gasteiger partial charge on any atom is 0.371 e. The van der Waals surface area contributed by atoms with Gasteiger partial charge in [0.2, 0.25) is 5.76 Å². The van der Waals surface area contributed by atoms with Crippen LogP contribution < -0.4 is 10.4 Å². The quantitative estimate of drug-likeness (QED) is 0.392. The number of carbonyl (C=O) groups is 3. The highest BCUT2D eigenvalue weighted by Gasteiger charge is 2.16. The van der Waals surface area contributed by atoms with Crippen molar-refractivity contribution in [3.63, 3.8) is 0 Å². The van der Waals surface area contributed by atoms with Crippen LogP contribution in [0.5, 0.6) is 11.5 Å². The number of ketones is 1. The molecule has 0 aliphatic heterocycles. The van der Waals surface area contributed by atoms with Crippen LogP contribution in [0.15, 0.2) is 69.9 Å². The minimum absolute atomic E-state index is 0.0415. The molecule has 0 fully saturated rings. The largest absolute Gasteiger partial charge is 0.508 e. The molecule has 8 nitrogen and oxygen atoms in total. The van der Waals surface area contributed by atoms with Crippen LogP contribution in [0.2, 0.25) is 0 Å². The van der Waals surface area contributed by atoms with Crippen LogP contribution in [0.1, 0.15) is 36.8 Å². The van der Waals surface area contributed by atoms with Crippen molar-refractivity contribution in [2.45, 2.75) is 0 Å². The lowest BCUT2D eigenvalue weighted by Crippen LogP contribution is -2.14. The second kappa shape index (κ2) is 7.58. The molecule has 0 saturated heterocycles. The summed E-state index contributed by atoms with van der Waals surface area (Å²) in [6.45, 7) is 0. The molecule has 140 valence electrons. The summed E-state index contributed by atoms with van der Waals surface area (Å²) in [4.78, 5) is 46.7. The van der Waals surface area contributed by atoms with Crippen LogP contribution in [0.3, 0.4) is 0 Å². The highest BCUT2D eigenvalue weighted by Crippen LogP contribution is 2.18. The van der Waals surface area contributed by atoms with Crippen molar-refractivity contribution in [2.24, 2.45) is 0 Å². The molecule has 2 aromatic carbocycles. The summed E-state index contributed by atoms with van der Waals surface area (Å²) in [6.07, 6.45) is 0. The van der Waals surface area contributed by atoms with Crippen molar-refractivity contribution in [1.82, 2.24) is 0 Å². The first-order valence-corrected chi connectivity index (χ1v) is 7.88. The van der Waals surface area contributed by atoms with Crippen molar-refractivity contribution < 1.29 is 33.8 Å². The van der Waals surface area contributed by atoms with Gasteiger partial charge in [0, 0.05) is 23.3 Å². The Morgan fingerprint density at radius 3 is 1.96 bits per heavy atom. The number of hydrogen-bond acceptors (Lipinski definition) is 7. The fourth-order valence-electron chi connectivity index (χ4n) is 2.32. The number of esters is 1. The molecular formula is C20H12O8. The van der Waals surface area contributed by atoms with E-state index in [9.17, 15) is 24.3 Å². The normalized spacial score (nSPS) is 10.3. The summed E-state index contributed by atoms with van der Waals surface area (Å²) < 4.78 is 9.54. The van der Waals surface area contributed by atoms with Gasteiger partial charge in [-0.15, -0.1) is 0 Å². The number of hydrogen-bond donors (Lipinski definition) is 2. The van der Waals surface area contributed by atoms with Gasteiger partial charge >= 0.3 is 17.6 Å². The Hall–Kier alpha value is -4.20. The average molecular weight is 380 g/mol. The molecule has 3 aromatic rings. The first-order chi connectivity index (χ1) is 13.3. The zero-order valence-electron chi connectivity index (χ0n) is 14.1. The molecule has 3 rings (SSSR count). The van der Waals surface area contributed by atoms with Crippen molar-refractivity contribution in [3.05, 3.63) is 93.5 Å². The van der Waals surface area contributed by atoms with E-state index in [0.29, 0.717) is 11.1 Å². The van der Waals surface area contributed by atoms with E-state index in [1.165, 1.54) is 48.5 Å². The number of phenols is 1. The number of carboxylic acids is 1. The van der Waals surface area contributed by atoms with E-state index in [2.05, 4.69) is 4.42 Å². The second-order valence-corrected chi connectivity index (χ2v) is 5.62. The highest BCUT2D eigenvalue weighted by molar-refractivity contribution is 6.09. The molecule has 2 N–H and O–H groups in total. The third-order valence-electron chi connectivity index (χ3n) is 3.67. The molecule has 0 aliphatic carbocycles. The van der Waals surface area contributed by atoms with E-state index >= 15 is 0 Å². The van der Waals surface area contributed by atoms with Gasteiger partial charge in [0.25, 0.3) is 0 Å². The summed E-state index contributed by atoms with van der Waals surface area (Å²) in [6, 6.07) is 13.1. The number of carboxylic acid groups (broad SMARTS) is 1. The summed E-state index contributed by atoms with van der Waals surface area (Å²) in [7, 11) is 0. The fraction of sp³-hybridized carbons (Fsp3) is 0. The monoisotopic (exact) mass is 380 g/mol. The van der Waals surface area contributed by atoms with Crippen LogP contribution in [-0.4, -0.2) is 27.9 Å². The summed E-state index contributed by atoms with van der Waals surface area (Å²) in [5.74, 6) is -3.28. The lowest BCUT2D eigenvalue weighted by atomic mass is 10.0. The van der Waals surface area contributed by atoms with Crippen LogP contribution in [0.25, 0.3) is 0 Å². The van der Waals surface area contributed by atoms with Gasteiger partial charge in [-0.1, -0.05) is 0 Å². The van der Waals surface area contributed by atoms with Gasteiger partial charge in [0.15, 0.2) is 5.78 Å². The fourth-order valence-corrected chi connectivity index (χ4v) is 2.32. The molecule has 1 heterocycles. The maximum atomic E-state index is 12.4. The van der Waals surface area contributed by atoms with Crippen molar-refractivity contribution in [2.75, 3.05) is 0 Å². The lowest BCUT2D eigenvalue weighted by molar-refractivity contribution is 0.0656. The van der Waals surface area contributed by atoms with Gasteiger partial charge in [-0.3, -0.25) is 4.79 Å². The molecule has 0 spiro atoms. The summed E-state index contributed by atoms with van der Waals surface area (Å²) in [5, 5.41) is 18.1. The number of benzene rings is 2. The molecule has 28 heavy (non-hydrogen) atoms. The Morgan fingerprint density at radius 2 is 1.39 bits per heavy atom. The van der Waals surface area contributed by atoms with Crippen molar-refractivity contribution >= 4 is 17.7 Å². The second-order valence-electron chi connectivity index (χ2n) is 5.62. The van der Waals surface area contributed by atoms with Crippen LogP contribution in [0.4, 0.5) is 0 Å². The van der Waals surface area contributed by atoms with Crippen LogP contribution in [-0.2, 0) is 0 Å². The van der Waals surface area contributed by atoms with Crippen LogP contribution >= 0.6 is 0 Å². The van der Waals surface area contributed by atoms with E-state index < -0.39 is 23.3 Å². The standard InChI is InChI=1S/C20H12O8/c21-14-5-1-11(2-6-14)18(23)12-3-7-15(8-4-12)27-20(26)13-9-16(19(24)25)28-17(22)10-13/h1-10,21H,(H,24,25). The molecule has 1 aromatic heterocycles. The molecule has 0 amide bonds. The number of ether oxygens (including phenoxy) is 1. The topological polar surface area (TPSA) is 131 Å². The first-order valence-electron chi connectivity index (χ1n) is 7.88. The van der Waals surface area contributed by atoms with Crippen molar-refractivity contribution in [3.8, 4) is 11.5 Å². The third kappa shape index (κ3) is 4.13. The molecule has 0 unspecified atom stereocenters. The van der Waals surface area contributed by atoms with Gasteiger partial charge in [0.1, 0.15) is 11.5 Å². The van der Waals surface area contributed by atoms with Crippen molar-refractivity contribution in [1.29, 1.82) is 0 Å². The molecular weight excluding hydrogens is 368 g/mol. The highest BCUT2D eigenvalue weighted by atomic mass is 16.5. The number of aromatic hydroxyl groups is 1. The zero-order valence-corrected chi connectivity index (χ0v) is 14.1. The predicted molar refractivity (Wildman–Crippen MR) is 94.9 cm³/mol. The zero-order chi connectivity index (χ0) is 20.3. The van der Waals surface area contributed by atoms with Gasteiger partial charge < -0.3 is 19.4 Å².